The molecule has 4 rings (SSSR count). The van der Waals surface area contributed by atoms with Gasteiger partial charge in [0.05, 0.1) is 7.11 Å². The lowest BCUT2D eigenvalue weighted by Gasteiger charge is -2.24. The average molecular weight is 428 g/mol. The summed E-state index contributed by atoms with van der Waals surface area (Å²) in [5.74, 6) is 1.58. The Labute approximate surface area is 190 Å². The molecule has 0 heterocycles. The lowest BCUT2D eigenvalue weighted by Crippen LogP contribution is -2.19. The number of likely N-dealkylation sites (N-methyl/N-ethyl adjacent to an activating group) is 1. The first-order chi connectivity index (χ1) is 15.6. The van der Waals surface area contributed by atoms with Gasteiger partial charge in [-0.05, 0) is 73.5 Å². The Morgan fingerprint density at radius 1 is 0.906 bits per heavy atom. The van der Waals surface area contributed by atoms with Gasteiger partial charge < -0.3 is 14.4 Å². The summed E-state index contributed by atoms with van der Waals surface area (Å²) in [6.45, 7) is 1.50. The molecule has 3 aromatic carbocycles. The third kappa shape index (κ3) is 4.76. The number of Topliss-reactive ketones (excluding diaryl/α,β-unsaturated/α-hetero) is 1. The zero-order valence-electron chi connectivity index (χ0n) is 18.9. The Kier molecular flexibility index (Phi) is 6.72. The number of ketones is 1. The SMILES string of the molecule is COc1cccc(C(=O)C2=C(c3ccc(OCCN(C)C)cc3)c3ccccc3CC2)c1. The Hall–Kier alpha value is -3.37. The van der Waals surface area contributed by atoms with Crippen LogP contribution >= 0.6 is 0 Å². The van der Waals surface area contributed by atoms with Gasteiger partial charge >= 0.3 is 0 Å². The second kappa shape index (κ2) is 9.84. The van der Waals surface area contributed by atoms with Crippen LogP contribution in [0.2, 0.25) is 0 Å². The zero-order chi connectivity index (χ0) is 22.5. The smallest absolute Gasteiger partial charge is 0.189 e. The molecule has 0 amide bonds. The molecule has 4 heteroatoms. The van der Waals surface area contributed by atoms with Crippen LogP contribution in [0.5, 0.6) is 11.5 Å². The van der Waals surface area contributed by atoms with Crippen LogP contribution < -0.4 is 9.47 Å². The van der Waals surface area contributed by atoms with E-state index in [0.717, 1.165) is 41.0 Å². The fourth-order valence-corrected chi connectivity index (χ4v) is 4.09. The van der Waals surface area contributed by atoms with Gasteiger partial charge in [-0.2, -0.15) is 0 Å². The van der Waals surface area contributed by atoms with Gasteiger partial charge in [0.15, 0.2) is 5.78 Å². The van der Waals surface area contributed by atoms with Crippen LogP contribution in [0, 0.1) is 0 Å². The minimum absolute atomic E-state index is 0.0553. The number of nitrogens with zero attached hydrogens (tertiary/aromatic N) is 1. The molecule has 1 aliphatic rings. The third-order valence-electron chi connectivity index (χ3n) is 5.79. The Morgan fingerprint density at radius 2 is 1.69 bits per heavy atom. The van der Waals surface area contributed by atoms with Crippen molar-refractivity contribution < 1.29 is 14.3 Å². The summed E-state index contributed by atoms with van der Waals surface area (Å²) >= 11 is 0. The van der Waals surface area contributed by atoms with Gasteiger partial charge in [0, 0.05) is 17.7 Å². The van der Waals surface area contributed by atoms with Crippen molar-refractivity contribution in [1.82, 2.24) is 4.90 Å². The van der Waals surface area contributed by atoms with Crippen molar-refractivity contribution in [1.29, 1.82) is 0 Å². The molecule has 0 saturated heterocycles. The molecular formula is C28H29NO3. The van der Waals surface area contributed by atoms with Crippen LogP contribution in [0.25, 0.3) is 5.57 Å². The fourth-order valence-electron chi connectivity index (χ4n) is 4.09. The normalized spacial score (nSPS) is 13.1. The summed E-state index contributed by atoms with van der Waals surface area (Å²) in [5, 5.41) is 0. The highest BCUT2D eigenvalue weighted by Crippen LogP contribution is 2.38. The van der Waals surface area contributed by atoms with E-state index in [1.807, 2.05) is 56.6 Å². The number of rotatable bonds is 8. The number of carbonyl (C=O) groups excluding carboxylic acids is 1. The first kappa shape index (κ1) is 21.8. The molecule has 3 aromatic rings. The van der Waals surface area contributed by atoms with Gasteiger partial charge in [0.25, 0.3) is 0 Å². The third-order valence-corrected chi connectivity index (χ3v) is 5.79. The number of ether oxygens (including phenoxy) is 2. The minimum Gasteiger partial charge on any atom is -0.497 e. The summed E-state index contributed by atoms with van der Waals surface area (Å²) in [6, 6.07) is 23.9. The number of benzene rings is 3. The molecule has 32 heavy (non-hydrogen) atoms. The second-order valence-corrected chi connectivity index (χ2v) is 8.25. The number of methoxy groups -OCH3 is 1. The second-order valence-electron chi connectivity index (χ2n) is 8.25. The van der Waals surface area contributed by atoms with E-state index in [4.69, 9.17) is 9.47 Å². The average Bonchev–Trinajstić information content (AvgIpc) is 2.83. The molecular weight excluding hydrogens is 398 g/mol. The predicted octanol–water partition coefficient (Wildman–Crippen LogP) is 5.27. The lowest BCUT2D eigenvalue weighted by molar-refractivity contribution is 0.103. The van der Waals surface area contributed by atoms with Crippen molar-refractivity contribution in [3.05, 3.63) is 101 Å². The van der Waals surface area contributed by atoms with Gasteiger partial charge in [-0.3, -0.25) is 4.79 Å². The number of aryl methyl sites for hydroxylation is 1. The van der Waals surface area contributed by atoms with Gasteiger partial charge in [0.1, 0.15) is 18.1 Å². The molecule has 0 N–H and O–H groups in total. The van der Waals surface area contributed by atoms with Crippen molar-refractivity contribution in [2.75, 3.05) is 34.4 Å². The minimum atomic E-state index is 0.0553. The molecule has 0 fully saturated rings. The molecule has 0 saturated carbocycles. The number of allylic oxidation sites excluding steroid dienone is 1. The van der Waals surface area contributed by atoms with E-state index < -0.39 is 0 Å². The van der Waals surface area contributed by atoms with E-state index >= 15 is 0 Å². The maximum atomic E-state index is 13.6. The molecule has 0 bridgehead atoms. The van der Waals surface area contributed by atoms with Crippen LogP contribution in [0.15, 0.2) is 78.4 Å². The molecule has 0 radical (unpaired) electrons. The zero-order valence-corrected chi connectivity index (χ0v) is 18.9. The number of carbonyl (C=O) groups is 1. The largest absolute Gasteiger partial charge is 0.497 e. The van der Waals surface area contributed by atoms with Crippen molar-refractivity contribution in [3.8, 4) is 11.5 Å². The first-order valence-electron chi connectivity index (χ1n) is 10.9. The van der Waals surface area contributed by atoms with Gasteiger partial charge in [-0.25, -0.2) is 0 Å². The summed E-state index contributed by atoms with van der Waals surface area (Å²) in [6.07, 6.45) is 1.57. The van der Waals surface area contributed by atoms with E-state index in [9.17, 15) is 4.79 Å². The van der Waals surface area contributed by atoms with Gasteiger partial charge in [-0.15, -0.1) is 0 Å². The van der Waals surface area contributed by atoms with E-state index in [1.165, 1.54) is 5.56 Å². The van der Waals surface area contributed by atoms with Crippen LogP contribution in [-0.4, -0.2) is 45.0 Å². The molecule has 164 valence electrons. The molecule has 0 atom stereocenters. The molecule has 0 spiro atoms. The highest BCUT2D eigenvalue weighted by Gasteiger charge is 2.25. The Balaban J connectivity index is 1.73. The van der Waals surface area contributed by atoms with Crippen molar-refractivity contribution in [2.24, 2.45) is 0 Å². The first-order valence-corrected chi connectivity index (χ1v) is 10.9. The highest BCUT2D eigenvalue weighted by atomic mass is 16.5. The summed E-state index contributed by atoms with van der Waals surface area (Å²) in [7, 11) is 5.67. The molecule has 0 aromatic heterocycles. The van der Waals surface area contributed by atoms with E-state index in [0.29, 0.717) is 24.3 Å². The van der Waals surface area contributed by atoms with Crippen LogP contribution in [0.3, 0.4) is 0 Å². The van der Waals surface area contributed by atoms with E-state index in [2.05, 4.69) is 35.2 Å². The monoisotopic (exact) mass is 427 g/mol. The summed E-state index contributed by atoms with van der Waals surface area (Å²) in [4.78, 5) is 15.7. The van der Waals surface area contributed by atoms with Crippen LogP contribution in [0.4, 0.5) is 0 Å². The maximum Gasteiger partial charge on any atom is 0.189 e. The fraction of sp³-hybridized carbons (Fsp3) is 0.250. The van der Waals surface area contributed by atoms with Crippen molar-refractivity contribution >= 4 is 11.4 Å². The molecule has 1 aliphatic carbocycles. The number of hydrogen-bond donors (Lipinski definition) is 0. The van der Waals surface area contributed by atoms with Gasteiger partial charge in [-0.1, -0.05) is 48.5 Å². The van der Waals surface area contributed by atoms with Crippen molar-refractivity contribution in [2.45, 2.75) is 12.8 Å². The topological polar surface area (TPSA) is 38.8 Å². The lowest BCUT2D eigenvalue weighted by atomic mass is 9.79. The van der Waals surface area contributed by atoms with E-state index in [1.54, 1.807) is 7.11 Å². The standard InChI is InChI=1S/C28H29NO3/c1-29(2)17-18-32-23-14-11-21(12-15-23)27-25-10-5-4-7-20(25)13-16-26(27)28(30)22-8-6-9-24(19-22)31-3/h4-12,14-15,19H,13,16-18H2,1-3H3. The Bertz CT molecular complexity index is 1130. The van der Waals surface area contributed by atoms with E-state index in [-0.39, 0.29) is 5.78 Å². The molecule has 0 unspecified atom stereocenters. The summed E-state index contributed by atoms with van der Waals surface area (Å²) < 4.78 is 11.2. The predicted molar refractivity (Wildman–Crippen MR) is 129 cm³/mol. The molecule has 0 aliphatic heterocycles. The highest BCUT2D eigenvalue weighted by molar-refractivity contribution is 6.15. The van der Waals surface area contributed by atoms with Gasteiger partial charge in [0.2, 0.25) is 0 Å². The van der Waals surface area contributed by atoms with Crippen LogP contribution in [-0.2, 0) is 6.42 Å². The van der Waals surface area contributed by atoms with Crippen LogP contribution in [0.1, 0.15) is 33.5 Å². The maximum absolute atomic E-state index is 13.6. The van der Waals surface area contributed by atoms with Crippen molar-refractivity contribution in [3.63, 3.8) is 0 Å². The number of hydrogen-bond acceptors (Lipinski definition) is 4. The quantitative estimate of drug-likeness (QED) is 0.459. The Morgan fingerprint density at radius 3 is 2.44 bits per heavy atom. The molecule has 4 nitrogen and oxygen atoms in total. The summed E-state index contributed by atoms with van der Waals surface area (Å²) in [5.41, 5.74) is 5.95. The number of fused-ring (bicyclic) bond motifs is 1.